The van der Waals surface area contributed by atoms with Gasteiger partial charge in [-0.1, -0.05) is 26.0 Å². The molecule has 26 heavy (non-hydrogen) atoms. The second kappa shape index (κ2) is 7.81. The maximum absolute atomic E-state index is 13.1. The van der Waals surface area contributed by atoms with Crippen LogP contribution in [0.15, 0.2) is 36.4 Å². The lowest BCUT2D eigenvalue weighted by atomic mass is 9.89. The van der Waals surface area contributed by atoms with E-state index in [1.807, 2.05) is 13.8 Å². The highest BCUT2D eigenvalue weighted by molar-refractivity contribution is 5.75. The first-order chi connectivity index (χ1) is 12.1. The van der Waals surface area contributed by atoms with E-state index in [4.69, 9.17) is 9.84 Å². The topological polar surface area (TPSA) is 46.5 Å². The highest BCUT2D eigenvalue weighted by Gasteiger charge is 2.31. The predicted molar refractivity (Wildman–Crippen MR) is 93.5 cm³/mol. The molecule has 0 atom stereocenters. The third-order valence-corrected chi connectivity index (χ3v) is 4.18. The number of rotatable bonds is 6. The van der Waals surface area contributed by atoms with Crippen LogP contribution in [0.5, 0.6) is 5.75 Å². The van der Waals surface area contributed by atoms with E-state index in [-0.39, 0.29) is 12.3 Å². The maximum atomic E-state index is 13.1. The Labute approximate surface area is 150 Å². The van der Waals surface area contributed by atoms with E-state index < -0.39 is 17.7 Å². The molecule has 0 fully saturated rings. The van der Waals surface area contributed by atoms with Gasteiger partial charge in [0.25, 0.3) is 0 Å². The Morgan fingerprint density at radius 1 is 1.12 bits per heavy atom. The Bertz CT molecular complexity index is 795. The predicted octanol–water partition coefficient (Wildman–Crippen LogP) is 5.52. The molecule has 0 spiro atoms. The Hall–Kier alpha value is -2.50. The maximum Gasteiger partial charge on any atom is 0.416 e. The molecule has 140 valence electrons. The summed E-state index contributed by atoms with van der Waals surface area (Å²) < 4.78 is 44.6. The van der Waals surface area contributed by atoms with Gasteiger partial charge >= 0.3 is 12.1 Å². The SMILES string of the molecule is COc1ccc(CCC(=O)O)cc1-c1ccc(C(F)(F)F)cc1C(C)C. The van der Waals surface area contributed by atoms with Crippen LogP contribution >= 0.6 is 0 Å². The van der Waals surface area contributed by atoms with Crippen LogP contribution in [-0.4, -0.2) is 18.2 Å². The zero-order chi connectivity index (χ0) is 19.5. The van der Waals surface area contributed by atoms with Gasteiger partial charge in [0.1, 0.15) is 5.75 Å². The van der Waals surface area contributed by atoms with Gasteiger partial charge in [0, 0.05) is 12.0 Å². The van der Waals surface area contributed by atoms with Gasteiger partial charge in [-0.2, -0.15) is 13.2 Å². The number of hydrogen-bond donors (Lipinski definition) is 1. The fraction of sp³-hybridized carbons (Fsp3) is 0.350. The zero-order valence-corrected chi connectivity index (χ0v) is 14.9. The smallest absolute Gasteiger partial charge is 0.416 e. The Morgan fingerprint density at radius 2 is 1.81 bits per heavy atom. The van der Waals surface area contributed by atoms with E-state index in [1.165, 1.54) is 19.2 Å². The van der Waals surface area contributed by atoms with Gasteiger partial charge < -0.3 is 9.84 Å². The molecule has 2 aromatic carbocycles. The van der Waals surface area contributed by atoms with Gasteiger partial charge in [-0.3, -0.25) is 4.79 Å². The van der Waals surface area contributed by atoms with Crippen molar-refractivity contribution in [1.82, 2.24) is 0 Å². The summed E-state index contributed by atoms with van der Waals surface area (Å²) in [7, 11) is 1.49. The monoisotopic (exact) mass is 366 g/mol. The Morgan fingerprint density at radius 3 is 2.35 bits per heavy atom. The summed E-state index contributed by atoms with van der Waals surface area (Å²) in [6, 6.07) is 8.96. The van der Waals surface area contributed by atoms with Crippen LogP contribution in [0.3, 0.4) is 0 Å². The highest BCUT2D eigenvalue weighted by Crippen LogP contribution is 2.39. The molecule has 0 bridgehead atoms. The number of halogens is 3. The lowest BCUT2D eigenvalue weighted by Gasteiger charge is -2.19. The van der Waals surface area contributed by atoms with E-state index in [1.54, 1.807) is 18.2 Å². The Kier molecular flexibility index (Phi) is 5.95. The second-order valence-corrected chi connectivity index (χ2v) is 6.38. The molecule has 0 heterocycles. The zero-order valence-electron chi connectivity index (χ0n) is 14.9. The summed E-state index contributed by atoms with van der Waals surface area (Å²) in [5.41, 5.74) is 1.98. The van der Waals surface area contributed by atoms with Gasteiger partial charge in [-0.25, -0.2) is 0 Å². The minimum absolute atomic E-state index is 0.0180. The minimum Gasteiger partial charge on any atom is -0.496 e. The largest absolute Gasteiger partial charge is 0.496 e. The minimum atomic E-state index is -4.41. The average Bonchev–Trinajstić information content (AvgIpc) is 2.58. The van der Waals surface area contributed by atoms with E-state index in [2.05, 4.69) is 0 Å². The molecule has 3 nitrogen and oxygen atoms in total. The molecule has 0 radical (unpaired) electrons. The number of carboxylic acid groups (broad SMARTS) is 1. The van der Waals surface area contributed by atoms with Crippen molar-refractivity contribution in [1.29, 1.82) is 0 Å². The molecule has 2 aromatic rings. The third kappa shape index (κ3) is 4.56. The first kappa shape index (κ1) is 19.8. The standard InChI is InChI=1S/C20H21F3O3/c1-12(2)16-11-14(20(21,22)23)6-7-15(16)17-10-13(5-9-19(24)25)4-8-18(17)26-3/h4,6-8,10-12H,5,9H2,1-3H3,(H,24,25). The van der Waals surface area contributed by atoms with E-state index in [0.29, 0.717) is 28.9 Å². The number of aryl methyl sites for hydroxylation is 1. The van der Waals surface area contributed by atoms with E-state index in [9.17, 15) is 18.0 Å². The van der Waals surface area contributed by atoms with E-state index in [0.717, 1.165) is 11.6 Å². The number of hydrogen-bond acceptors (Lipinski definition) is 2. The lowest BCUT2D eigenvalue weighted by Crippen LogP contribution is -2.07. The van der Waals surface area contributed by atoms with Gasteiger partial charge in [0.05, 0.1) is 12.7 Å². The van der Waals surface area contributed by atoms with E-state index >= 15 is 0 Å². The molecule has 0 aliphatic heterocycles. The normalized spacial score (nSPS) is 11.7. The van der Waals surface area contributed by atoms with Gasteiger partial charge in [0.15, 0.2) is 0 Å². The molecule has 0 saturated carbocycles. The fourth-order valence-corrected chi connectivity index (χ4v) is 2.83. The summed E-state index contributed by atoms with van der Waals surface area (Å²) >= 11 is 0. The van der Waals surface area contributed by atoms with Crippen LogP contribution in [0.25, 0.3) is 11.1 Å². The first-order valence-electron chi connectivity index (χ1n) is 8.23. The summed E-state index contributed by atoms with van der Waals surface area (Å²) in [4.78, 5) is 10.8. The molecule has 1 N–H and O–H groups in total. The third-order valence-electron chi connectivity index (χ3n) is 4.18. The average molecular weight is 366 g/mol. The molecule has 6 heteroatoms. The molecule has 0 aliphatic carbocycles. The number of aliphatic carboxylic acids is 1. The molecular formula is C20H21F3O3. The summed E-state index contributed by atoms with van der Waals surface area (Å²) in [6.45, 7) is 3.67. The van der Waals surface area contributed by atoms with Crippen molar-refractivity contribution in [2.45, 2.75) is 38.8 Å². The van der Waals surface area contributed by atoms with Crippen molar-refractivity contribution in [2.24, 2.45) is 0 Å². The van der Waals surface area contributed by atoms with Crippen LogP contribution in [-0.2, 0) is 17.4 Å². The number of ether oxygens (including phenoxy) is 1. The molecule has 2 rings (SSSR count). The molecule has 0 aliphatic rings. The van der Waals surface area contributed by atoms with Crippen molar-refractivity contribution in [3.63, 3.8) is 0 Å². The molecule has 0 aromatic heterocycles. The number of carbonyl (C=O) groups is 1. The van der Waals surface area contributed by atoms with Crippen LogP contribution in [0.2, 0.25) is 0 Å². The second-order valence-electron chi connectivity index (χ2n) is 6.38. The number of methoxy groups -OCH3 is 1. The summed E-state index contributed by atoms with van der Waals surface area (Å²) in [5, 5.41) is 8.85. The van der Waals surface area contributed by atoms with Crippen molar-refractivity contribution < 1.29 is 27.8 Å². The summed E-state index contributed by atoms with van der Waals surface area (Å²) in [5.74, 6) is -0.495. The van der Waals surface area contributed by atoms with Crippen molar-refractivity contribution in [2.75, 3.05) is 7.11 Å². The van der Waals surface area contributed by atoms with Crippen LogP contribution < -0.4 is 4.74 Å². The molecule has 0 unspecified atom stereocenters. The number of carboxylic acids is 1. The quantitative estimate of drug-likeness (QED) is 0.732. The van der Waals surface area contributed by atoms with Gasteiger partial charge in [0.2, 0.25) is 0 Å². The van der Waals surface area contributed by atoms with Crippen LogP contribution in [0.1, 0.15) is 42.9 Å². The lowest BCUT2D eigenvalue weighted by molar-refractivity contribution is -0.138. The molecular weight excluding hydrogens is 345 g/mol. The molecule has 0 amide bonds. The van der Waals surface area contributed by atoms with Crippen LogP contribution in [0, 0.1) is 0 Å². The highest BCUT2D eigenvalue weighted by atomic mass is 19.4. The Balaban J connectivity index is 2.58. The number of alkyl halides is 3. The van der Waals surface area contributed by atoms with Crippen molar-refractivity contribution in [3.05, 3.63) is 53.1 Å². The van der Waals surface area contributed by atoms with Gasteiger partial charge in [-0.05, 0) is 53.3 Å². The summed E-state index contributed by atoms with van der Waals surface area (Å²) in [6.07, 6.45) is -4.09. The number of benzene rings is 2. The van der Waals surface area contributed by atoms with Gasteiger partial charge in [-0.15, -0.1) is 0 Å². The first-order valence-corrected chi connectivity index (χ1v) is 8.23. The fourth-order valence-electron chi connectivity index (χ4n) is 2.83. The van der Waals surface area contributed by atoms with Crippen molar-refractivity contribution in [3.8, 4) is 16.9 Å². The van der Waals surface area contributed by atoms with Crippen LogP contribution in [0.4, 0.5) is 13.2 Å². The molecule has 0 saturated heterocycles. The van der Waals surface area contributed by atoms with Crippen molar-refractivity contribution >= 4 is 5.97 Å².